The molecule has 6 atom stereocenters. The predicted molar refractivity (Wildman–Crippen MR) is 101 cm³/mol. The van der Waals surface area contributed by atoms with Gasteiger partial charge >= 0.3 is 5.63 Å². The molecule has 4 rings (SSSR count). The average Bonchev–Trinajstić information content (AvgIpc) is 3.13. The highest BCUT2D eigenvalue weighted by molar-refractivity contribution is 5.87. The molecule has 0 radical (unpaired) electrons. The van der Waals surface area contributed by atoms with Gasteiger partial charge in [0.25, 0.3) is 0 Å². The molecule has 30 heavy (non-hydrogen) atoms. The number of fused-ring (bicyclic) bond motifs is 2. The lowest BCUT2D eigenvalue weighted by atomic mass is 9.94. The molecule has 2 aliphatic heterocycles. The number of aromatic hydroxyl groups is 1. The molecule has 2 aromatic rings. The van der Waals surface area contributed by atoms with Crippen LogP contribution in [0.15, 0.2) is 27.4 Å². The van der Waals surface area contributed by atoms with E-state index >= 15 is 0 Å². The van der Waals surface area contributed by atoms with Crippen molar-refractivity contribution in [1.29, 1.82) is 0 Å². The Balaban J connectivity index is 1.57. The van der Waals surface area contributed by atoms with Crippen LogP contribution in [0.3, 0.4) is 0 Å². The largest absolute Gasteiger partial charge is 0.507 e. The number of phenols is 1. The second kappa shape index (κ2) is 7.49. The molecule has 1 fully saturated rings. The van der Waals surface area contributed by atoms with E-state index in [-0.39, 0.29) is 17.8 Å². The summed E-state index contributed by atoms with van der Waals surface area (Å²) in [5, 5.41) is 50.4. The third-order valence-corrected chi connectivity index (χ3v) is 5.67. The Labute approximate surface area is 170 Å². The number of ether oxygens (including phenoxy) is 3. The lowest BCUT2D eigenvalue weighted by Gasteiger charge is -2.43. The number of phenolic OH excluding ortho intramolecular Hbond substituents is 1. The van der Waals surface area contributed by atoms with Gasteiger partial charge < -0.3 is 44.2 Å². The first-order chi connectivity index (χ1) is 14.1. The van der Waals surface area contributed by atoms with Gasteiger partial charge in [-0.15, -0.1) is 0 Å². The van der Waals surface area contributed by atoms with Gasteiger partial charge in [-0.25, -0.2) is 4.79 Å². The summed E-state index contributed by atoms with van der Waals surface area (Å²) >= 11 is 0. The number of aliphatic hydroxyl groups is 4. The van der Waals surface area contributed by atoms with Gasteiger partial charge in [0.1, 0.15) is 53.2 Å². The summed E-state index contributed by atoms with van der Waals surface area (Å²) < 4.78 is 22.3. The van der Waals surface area contributed by atoms with Crippen LogP contribution in [0.2, 0.25) is 0 Å². The van der Waals surface area contributed by atoms with Crippen molar-refractivity contribution >= 4 is 11.0 Å². The first-order valence-corrected chi connectivity index (χ1v) is 9.56. The van der Waals surface area contributed by atoms with E-state index in [0.29, 0.717) is 16.7 Å². The van der Waals surface area contributed by atoms with E-state index in [1.807, 2.05) is 0 Å². The van der Waals surface area contributed by atoms with Gasteiger partial charge in [0, 0.05) is 24.1 Å². The molecule has 6 unspecified atom stereocenters. The number of hydrogen-bond donors (Lipinski definition) is 5. The first kappa shape index (κ1) is 21.0. The summed E-state index contributed by atoms with van der Waals surface area (Å²) in [7, 11) is 0. The Hall–Kier alpha value is -2.21. The molecule has 1 aromatic carbocycles. The summed E-state index contributed by atoms with van der Waals surface area (Å²) in [5.74, 6) is 0.280. The van der Waals surface area contributed by atoms with E-state index in [2.05, 4.69) is 0 Å². The fourth-order valence-electron chi connectivity index (χ4n) is 3.83. The van der Waals surface area contributed by atoms with Crippen molar-refractivity contribution in [2.24, 2.45) is 0 Å². The van der Waals surface area contributed by atoms with E-state index in [9.17, 15) is 30.3 Å². The highest BCUT2D eigenvalue weighted by Crippen LogP contribution is 2.44. The zero-order chi connectivity index (χ0) is 21.8. The third-order valence-electron chi connectivity index (χ3n) is 5.67. The topological polar surface area (TPSA) is 159 Å². The van der Waals surface area contributed by atoms with Gasteiger partial charge in [0.15, 0.2) is 6.29 Å². The second-order valence-corrected chi connectivity index (χ2v) is 8.10. The summed E-state index contributed by atoms with van der Waals surface area (Å²) in [4.78, 5) is 11.5. The molecular weight excluding hydrogens is 400 g/mol. The maximum absolute atomic E-state index is 11.5. The molecule has 10 nitrogen and oxygen atoms in total. The van der Waals surface area contributed by atoms with Crippen LogP contribution >= 0.6 is 0 Å². The Morgan fingerprint density at radius 3 is 2.60 bits per heavy atom. The van der Waals surface area contributed by atoms with Crippen LogP contribution in [-0.2, 0) is 15.9 Å². The number of hydrogen-bond acceptors (Lipinski definition) is 10. The van der Waals surface area contributed by atoms with E-state index in [1.54, 1.807) is 13.8 Å². The number of benzene rings is 1. The fourth-order valence-corrected chi connectivity index (χ4v) is 3.83. The molecule has 5 N–H and O–H groups in total. The van der Waals surface area contributed by atoms with Crippen molar-refractivity contribution in [2.75, 3.05) is 6.61 Å². The Kier molecular flexibility index (Phi) is 5.25. The van der Waals surface area contributed by atoms with Crippen LogP contribution in [0.4, 0.5) is 0 Å². The van der Waals surface area contributed by atoms with Gasteiger partial charge in [-0.1, -0.05) is 0 Å². The standard InChI is InChI=1S/C20H24O10/c1-20(2,30-19-18(26)17(25)16(24)12(7-21)29-19)13-5-9-11(27-13)6-10-8(15(9)23)3-4-14(22)28-10/h3-4,6,12-13,16-19,21,23-26H,5,7H2,1-2H3. The van der Waals surface area contributed by atoms with Crippen molar-refractivity contribution in [3.63, 3.8) is 0 Å². The van der Waals surface area contributed by atoms with Gasteiger partial charge in [-0.3, -0.25) is 0 Å². The molecule has 0 amide bonds. The molecule has 0 aliphatic carbocycles. The minimum Gasteiger partial charge on any atom is -0.507 e. The molecule has 0 bridgehead atoms. The zero-order valence-corrected chi connectivity index (χ0v) is 16.4. The summed E-state index contributed by atoms with van der Waals surface area (Å²) in [6, 6.07) is 4.21. The lowest BCUT2D eigenvalue weighted by Crippen LogP contribution is -2.61. The van der Waals surface area contributed by atoms with Crippen LogP contribution in [0.5, 0.6) is 11.5 Å². The smallest absolute Gasteiger partial charge is 0.336 e. The minimum atomic E-state index is -1.56. The zero-order valence-electron chi connectivity index (χ0n) is 16.4. The maximum Gasteiger partial charge on any atom is 0.336 e. The van der Waals surface area contributed by atoms with Crippen molar-refractivity contribution in [3.8, 4) is 11.5 Å². The number of aliphatic hydroxyl groups excluding tert-OH is 4. The van der Waals surface area contributed by atoms with Crippen LogP contribution in [-0.4, -0.2) is 74.6 Å². The molecule has 0 saturated carbocycles. The summed E-state index contributed by atoms with van der Waals surface area (Å²) in [6.45, 7) is 2.80. The lowest BCUT2D eigenvalue weighted by molar-refractivity contribution is -0.329. The van der Waals surface area contributed by atoms with Crippen LogP contribution in [0.25, 0.3) is 11.0 Å². The molecule has 0 spiro atoms. The van der Waals surface area contributed by atoms with Gasteiger partial charge in [-0.2, -0.15) is 0 Å². The molecule has 2 aliphatic rings. The second-order valence-electron chi connectivity index (χ2n) is 8.10. The highest BCUT2D eigenvalue weighted by Gasteiger charge is 2.48. The third kappa shape index (κ3) is 3.45. The van der Waals surface area contributed by atoms with Gasteiger partial charge in [0.05, 0.1) is 12.0 Å². The Bertz CT molecular complexity index is 997. The summed E-state index contributed by atoms with van der Waals surface area (Å²) in [6.07, 6.45) is -7.36. The monoisotopic (exact) mass is 424 g/mol. The van der Waals surface area contributed by atoms with Crippen molar-refractivity contribution in [1.82, 2.24) is 0 Å². The minimum absolute atomic E-state index is 0.0580. The van der Waals surface area contributed by atoms with E-state index < -0.39 is 54.6 Å². The quantitative estimate of drug-likeness (QED) is 0.401. The normalized spacial score (nSPS) is 31.5. The van der Waals surface area contributed by atoms with Crippen LogP contribution in [0, 0.1) is 0 Å². The molecule has 164 valence electrons. The molecular formula is C20H24O10. The van der Waals surface area contributed by atoms with Crippen molar-refractivity contribution in [2.45, 2.75) is 62.7 Å². The van der Waals surface area contributed by atoms with Crippen molar-refractivity contribution in [3.05, 3.63) is 34.2 Å². The van der Waals surface area contributed by atoms with Gasteiger partial charge in [-0.05, 0) is 19.9 Å². The average molecular weight is 424 g/mol. The van der Waals surface area contributed by atoms with Crippen LogP contribution < -0.4 is 10.4 Å². The van der Waals surface area contributed by atoms with Gasteiger partial charge in [0.2, 0.25) is 0 Å². The van der Waals surface area contributed by atoms with Crippen LogP contribution in [0.1, 0.15) is 19.4 Å². The molecule has 10 heteroatoms. The van der Waals surface area contributed by atoms with E-state index in [1.165, 1.54) is 18.2 Å². The number of rotatable bonds is 4. The van der Waals surface area contributed by atoms with Crippen molar-refractivity contribution < 1.29 is 44.2 Å². The predicted octanol–water partition coefficient (Wildman–Crippen LogP) is -0.603. The van der Waals surface area contributed by atoms with E-state index in [4.69, 9.17) is 18.6 Å². The highest BCUT2D eigenvalue weighted by atomic mass is 16.7. The molecule has 1 saturated heterocycles. The first-order valence-electron chi connectivity index (χ1n) is 9.56. The van der Waals surface area contributed by atoms with E-state index in [0.717, 1.165) is 0 Å². The molecule has 3 heterocycles. The Morgan fingerprint density at radius 2 is 1.90 bits per heavy atom. The maximum atomic E-state index is 11.5. The Morgan fingerprint density at radius 1 is 1.17 bits per heavy atom. The SMILES string of the molecule is CC(C)(OC1OC(CO)C(O)C(O)C1O)C1Cc2c(cc3oc(=O)ccc3c2O)O1. The summed E-state index contributed by atoms with van der Waals surface area (Å²) in [5.41, 5.74) is -0.923. The fraction of sp³-hybridized carbons (Fsp3) is 0.550. The molecule has 1 aromatic heterocycles.